The highest BCUT2D eigenvalue weighted by Gasteiger charge is 2.18. The van der Waals surface area contributed by atoms with Crippen LogP contribution in [0.2, 0.25) is 0 Å². The Kier molecular flexibility index (Phi) is 2.90. The summed E-state index contributed by atoms with van der Waals surface area (Å²) in [7, 11) is 0. The van der Waals surface area contributed by atoms with E-state index in [0.717, 1.165) is 33.2 Å². The van der Waals surface area contributed by atoms with Crippen LogP contribution in [0.5, 0.6) is 0 Å². The molecule has 0 N–H and O–H groups in total. The lowest BCUT2D eigenvalue weighted by atomic mass is 10.1. The van der Waals surface area contributed by atoms with Crippen LogP contribution in [-0.2, 0) is 0 Å². The summed E-state index contributed by atoms with van der Waals surface area (Å²) >= 11 is 3.19. The van der Waals surface area contributed by atoms with E-state index in [4.69, 9.17) is 4.98 Å². The lowest BCUT2D eigenvalue weighted by Crippen LogP contribution is -1.87. The molecular weight excluding hydrogens is 302 g/mol. The predicted molar refractivity (Wildman–Crippen MR) is 85.0 cm³/mol. The monoisotopic (exact) mass is 311 g/mol. The Morgan fingerprint density at radius 1 is 1.10 bits per heavy atom. The van der Waals surface area contributed by atoms with Gasteiger partial charge in [0.25, 0.3) is 0 Å². The zero-order chi connectivity index (χ0) is 14.2. The van der Waals surface area contributed by atoms with Gasteiger partial charge < -0.3 is 0 Å². The highest BCUT2D eigenvalue weighted by Crippen LogP contribution is 2.35. The standard InChI is InChI=1S/C15H9N3OS2/c19-9-10-1-3-11(4-2-10)12-13(14-16-5-7-20-14)18-6-8-21-15(18)17-12/h1-9H. The quantitative estimate of drug-likeness (QED) is 0.537. The summed E-state index contributed by atoms with van der Waals surface area (Å²) in [5.74, 6) is 0. The van der Waals surface area contributed by atoms with E-state index in [1.807, 2.05) is 29.1 Å². The average molecular weight is 311 g/mol. The molecule has 0 spiro atoms. The zero-order valence-electron chi connectivity index (χ0n) is 10.8. The second-order valence-electron chi connectivity index (χ2n) is 4.44. The Hall–Kier alpha value is -2.31. The molecule has 102 valence electrons. The van der Waals surface area contributed by atoms with Gasteiger partial charge in [-0.05, 0) is 0 Å². The van der Waals surface area contributed by atoms with Crippen molar-refractivity contribution in [2.24, 2.45) is 0 Å². The molecule has 0 aliphatic heterocycles. The SMILES string of the molecule is O=Cc1ccc(-c2nc3sccn3c2-c2nccs2)cc1. The number of nitrogens with zero attached hydrogens (tertiary/aromatic N) is 3. The Bertz CT molecular complexity index is 904. The number of carbonyl (C=O) groups is 1. The van der Waals surface area contributed by atoms with Gasteiger partial charge in [-0.25, -0.2) is 9.97 Å². The molecule has 0 saturated carbocycles. The number of hydrogen-bond acceptors (Lipinski definition) is 5. The van der Waals surface area contributed by atoms with E-state index in [2.05, 4.69) is 9.38 Å². The molecule has 0 aliphatic rings. The first kappa shape index (κ1) is 12.4. The number of fused-ring (bicyclic) bond motifs is 1. The first-order valence-electron chi connectivity index (χ1n) is 6.28. The van der Waals surface area contributed by atoms with Gasteiger partial charge in [0.15, 0.2) is 4.96 Å². The normalized spacial score (nSPS) is 11.0. The van der Waals surface area contributed by atoms with E-state index in [0.29, 0.717) is 5.56 Å². The topological polar surface area (TPSA) is 47.3 Å². The summed E-state index contributed by atoms with van der Waals surface area (Å²) in [5, 5.41) is 4.91. The van der Waals surface area contributed by atoms with Crippen molar-refractivity contribution in [2.75, 3.05) is 0 Å². The Labute approximate surface area is 128 Å². The fourth-order valence-corrected chi connectivity index (χ4v) is 3.64. The third-order valence-corrected chi connectivity index (χ3v) is 4.75. The largest absolute Gasteiger partial charge is 0.298 e. The van der Waals surface area contributed by atoms with Gasteiger partial charge in [0, 0.05) is 34.3 Å². The van der Waals surface area contributed by atoms with Gasteiger partial charge >= 0.3 is 0 Å². The highest BCUT2D eigenvalue weighted by atomic mass is 32.1. The predicted octanol–water partition coefficient (Wildman–Crippen LogP) is 4.00. The maximum absolute atomic E-state index is 10.8. The minimum absolute atomic E-state index is 0.663. The second-order valence-corrected chi connectivity index (χ2v) is 6.21. The zero-order valence-corrected chi connectivity index (χ0v) is 12.4. The molecule has 4 aromatic rings. The summed E-state index contributed by atoms with van der Waals surface area (Å²) in [5.41, 5.74) is 3.55. The van der Waals surface area contributed by atoms with E-state index in [-0.39, 0.29) is 0 Å². The molecule has 4 nitrogen and oxygen atoms in total. The van der Waals surface area contributed by atoms with Gasteiger partial charge in [-0.15, -0.1) is 22.7 Å². The molecule has 21 heavy (non-hydrogen) atoms. The number of rotatable bonds is 3. The molecule has 0 radical (unpaired) electrons. The molecule has 0 unspecified atom stereocenters. The van der Waals surface area contributed by atoms with Crippen LogP contribution in [0.3, 0.4) is 0 Å². The summed E-state index contributed by atoms with van der Waals surface area (Å²) in [4.78, 5) is 20.8. The lowest BCUT2D eigenvalue weighted by Gasteiger charge is -2.01. The Morgan fingerprint density at radius 3 is 2.67 bits per heavy atom. The fourth-order valence-electron chi connectivity index (χ4n) is 2.25. The van der Waals surface area contributed by atoms with Crippen molar-refractivity contribution in [1.82, 2.24) is 14.4 Å². The molecule has 3 heterocycles. The van der Waals surface area contributed by atoms with Gasteiger partial charge in [-0.1, -0.05) is 24.3 Å². The second kappa shape index (κ2) is 4.91. The van der Waals surface area contributed by atoms with Crippen molar-refractivity contribution in [1.29, 1.82) is 0 Å². The van der Waals surface area contributed by atoms with E-state index < -0.39 is 0 Å². The molecule has 0 saturated heterocycles. The van der Waals surface area contributed by atoms with Crippen molar-refractivity contribution < 1.29 is 4.79 Å². The number of thiazole rings is 2. The van der Waals surface area contributed by atoms with E-state index >= 15 is 0 Å². The van der Waals surface area contributed by atoms with Gasteiger partial charge in [0.2, 0.25) is 0 Å². The molecular formula is C15H9N3OS2. The first-order chi connectivity index (χ1) is 10.4. The van der Waals surface area contributed by atoms with Crippen LogP contribution in [0.15, 0.2) is 47.4 Å². The molecule has 0 aliphatic carbocycles. The van der Waals surface area contributed by atoms with Crippen LogP contribution in [0, 0.1) is 0 Å². The average Bonchev–Trinajstić information content (AvgIpc) is 3.23. The summed E-state index contributed by atoms with van der Waals surface area (Å²) in [6.45, 7) is 0. The van der Waals surface area contributed by atoms with E-state index in [1.54, 1.807) is 41.0 Å². The van der Waals surface area contributed by atoms with Crippen LogP contribution < -0.4 is 0 Å². The van der Waals surface area contributed by atoms with Crippen molar-refractivity contribution in [2.45, 2.75) is 0 Å². The lowest BCUT2D eigenvalue weighted by molar-refractivity contribution is 0.112. The number of imidazole rings is 1. The first-order valence-corrected chi connectivity index (χ1v) is 8.04. The van der Waals surface area contributed by atoms with Crippen molar-refractivity contribution in [3.8, 4) is 22.0 Å². The molecule has 0 atom stereocenters. The third-order valence-electron chi connectivity index (χ3n) is 3.22. The van der Waals surface area contributed by atoms with Gasteiger partial charge in [-0.2, -0.15) is 0 Å². The molecule has 0 bridgehead atoms. The number of aromatic nitrogens is 3. The molecule has 3 aromatic heterocycles. The fraction of sp³-hybridized carbons (Fsp3) is 0. The minimum Gasteiger partial charge on any atom is -0.298 e. The van der Waals surface area contributed by atoms with Crippen LogP contribution in [0.1, 0.15) is 10.4 Å². The van der Waals surface area contributed by atoms with Crippen molar-refractivity contribution in [3.63, 3.8) is 0 Å². The number of hydrogen-bond donors (Lipinski definition) is 0. The van der Waals surface area contributed by atoms with E-state index in [1.165, 1.54) is 0 Å². The number of aldehydes is 1. The summed E-state index contributed by atoms with van der Waals surface area (Å²) in [6.07, 6.45) is 4.65. The van der Waals surface area contributed by atoms with Gasteiger partial charge in [0.05, 0.1) is 0 Å². The molecule has 0 amide bonds. The summed E-state index contributed by atoms with van der Waals surface area (Å²) < 4.78 is 2.06. The van der Waals surface area contributed by atoms with Crippen LogP contribution in [0.25, 0.3) is 26.9 Å². The summed E-state index contributed by atoms with van der Waals surface area (Å²) in [6, 6.07) is 7.46. The molecule has 6 heteroatoms. The van der Waals surface area contributed by atoms with Crippen LogP contribution in [0.4, 0.5) is 0 Å². The number of benzene rings is 1. The van der Waals surface area contributed by atoms with Crippen LogP contribution in [-0.4, -0.2) is 20.7 Å². The third kappa shape index (κ3) is 2.00. The van der Waals surface area contributed by atoms with E-state index in [9.17, 15) is 4.79 Å². The molecule has 0 fully saturated rings. The highest BCUT2D eigenvalue weighted by molar-refractivity contribution is 7.15. The minimum atomic E-state index is 0.663. The smallest absolute Gasteiger partial charge is 0.194 e. The maximum atomic E-state index is 10.8. The van der Waals surface area contributed by atoms with Gasteiger partial charge in [0.1, 0.15) is 22.7 Å². The van der Waals surface area contributed by atoms with Crippen molar-refractivity contribution >= 4 is 33.9 Å². The Balaban J connectivity index is 1.97. The van der Waals surface area contributed by atoms with Crippen molar-refractivity contribution in [3.05, 3.63) is 53.0 Å². The Morgan fingerprint density at radius 2 is 1.95 bits per heavy atom. The van der Waals surface area contributed by atoms with Gasteiger partial charge in [-0.3, -0.25) is 9.20 Å². The number of carbonyl (C=O) groups excluding carboxylic acids is 1. The molecule has 4 rings (SSSR count). The molecule has 1 aromatic carbocycles. The maximum Gasteiger partial charge on any atom is 0.194 e. The van der Waals surface area contributed by atoms with Crippen LogP contribution >= 0.6 is 22.7 Å².